The van der Waals surface area contributed by atoms with Gasteiger partial charge >= 0.3 is 0 Å². The van der Waals surface area contributed by atoms with Gasteiger partial charge in [-0.25, -0.2) is 0 Å². The van der Waals surface area contributed by atoms with E-state index in [0.29, 0.717) is 18.7 Å². The number of rotatable bonds is 6. The Morgan fingerprint density at radius 1 is 1.00 bits per heavy atom. The minimum Gasteiger partial charge on any atom is -0.334 e. The fourth-order valence-electron chi connectivity index (χ4n) is 4.47. The lowest BCUT2D eigenvalue weighted by molar-refractivity contribution is -0.134. The van der Waals surface area contributed by atoms with E-state index in [9.17, 15) is 9.59 Å². The van der Waals surface area contributed by atoms with Crippen molar-refractivity contribution in [3.63, 3.8) is 0 Å². The molecule has 4 heteroatoms. The van der Waals surface area contributed by atoms with E-state index in [1.165, 1.54) is 11.1 Å². The van der Waals surface area contributed by atoms with Gasteiger partial charge in [-0.2, -0.15) is 0 Å². The summed E-state index contributed by atoms with van der Waals surface area (Å²) in [5, 5.41) is 2.15. The van der Waals surface area contributed by atoms with E-state index in [1.807, 2.05) is 53.4 Å². The van der Waals surface area contributed by atoms with Crippen LogP contribution in [-0.2, 0) is 11.2 Å². The summed E-state index contributed by atoms with van der Waals surface area (Å²) in [5.41, 5.74) is 3.16. The summed E-state index contributed by atoms with van der Waals surface area (Å²) in [6.45, 7) is 5.59. The number of fused-ring (bicyclic) bond motifs is 2. The van der Waals surface area contributed by atoms with Crippen LogP contribution in [0.1, 0.15) is 54.2 Å². The first kappa shape index (κ1) is 21.1. The van der Waals surface area contributed by atoms with Crippen molar-refractivity contribution >= 4 is 22.6 Å². The lowest BCUT2D eigenvalue weighted by Gasteiger charge is -2.36. The molecule has 0 bridgehead atoms. The van der Waals surface area contributed by atoms with Gasteiger partial charge in [0.15, 0.2) is 0 Å². The van der Waals surface area contributed by atoms with Gasteiger partial charge in [-0.15, -0.1) is 0 Å². The monoisotopic (exact) mass is 414 g/mol. The molecule has 2 amide bonds. The highest BCUT2D eigenvalue weighted by atomic mass is 16.2. The molecule has 3 aromatic carbocycles. The van der Waals surface area contributed by atoms with E-state index in [2.05, 4.69) is 32.0 Å². The minimum absolute atomic E-state index is 0.0206. The van der Waals surface area contributed by atoms with Crippen LogP contribution < -0.4 is 0 Å². The van der Waals surface area contributed by atoms with Crippen LogP contribution in [0.2, 0.25) is 0 Å². The Hall–Kier alpha value is -3.14. The third-order valence-electron chi connectivity index (χ3n) is 6.31. The second kappa shape index (κ2) is 9.34. The third-order valence-corrected chi connectivity index (χ3v) is 6.31. The molecule has 1 aliphatic rings. The molecule has 1 heterocycles. The van der Waals surface area contributed by atoms with Gasteiger partial charge in [0, 0.05) is 18.7 Å². The minimum atomic E-state index is -0.0717. The number of carbonyl (C=O) groups is 2. The van der Waals surface area contributed by atoms with Gasteiger partial charge in [-0.1, -0.05) is 67.9 Å². The van der Waals surface area contributed by atoms with Gasteiger partial charge in [-0.05, 0) is 53.8 Å². The molecule has 0 saturated heterocycles. The van der Waals surface area contributed by atoms with Crippen LogP contribution in [-0.4, -0.2) is 41.2 Å². The molecule has 4 rings (SSSR count). The van der Waals surface area contributed by atoms with Crippen molar-refractivity contribution in [3.8, 4) is 0 Å². The maximum Gasteiger partial charge on any atom is 0.254 e. The van der Waals surface area contributed by atoms with E-state index in [0.717, 1.165) is 30.0 Å². The molecule has 0 aromatic heterocycles. The summed E-state index contributed by atoms with van der Waals surface area (Å²) in [5.74, 6) is -0.0511. The topological polar surface area (TPSA) is 40.6 Å². The number of carbonyl (C=O) groups excluding carboxylic acids is 2. The van der Waals surface area contributed by atoms with E-state index in [-0.39, 0.29) is 24.4 Å². The van der Waals surface area contributed by atoms with E-state index >= 15 is 0 Å². The van der Waals surface area contributed by atoms with Crippen molar-refractivity contribution in [2.75, 3.05) is 19.6 Å². The van der Waals surface area contributed by atoms with Crippen molar-refractivity contribution in [2.24, 2.45) is 0 Å². The van der Waals surface area contributed by atoms with Gasteiger partial charge in [-0.3, -0.25) is 9.59 Å². The Morgan fingerprint density at radius 3 is 2.55 bits per heavy atom. The third kappa shape index (κ3) is 4.48. The Labute approximate surface area is 184 Å². The zero-order valence-electron chi connectivity index (χ0n) is 18.4. The first-order chi connectivity index (χ1) is 15.1. The fourth-order valence-corrected chi connectivity index (χ4v) is 4.47. The second-order valence-electron chi connectivity index (χ2n) is 8.35. The van der Waals surface area contributed by atoms with Crippen LogP contribution in [0.5, 0.6) is 0 Å². The van der Waals surface area contributed by atoms with Crippen molar-refractivity contribution < 1.29 is 9.59 Å². The van der Waals surface area contributed by atoms with Crippen LogP contribution in [0, 0.1) is 0 Å². The second-order valence-corrected chi connectivity index (χ2v) is 8.35. The summed E-state index contributed by atoms with van der Waals surface area (Å²) in [7, 11) is 0. The number of nitrogens with zero attached hydrogens (tertiary/aromatic N) is 2. The quantitative estimate of drug-likeness (QED) is 0.554. The molecule has 160 valence electrons. The molecule has 0 N–H and O–H groups in total. The van der Waals surface area contributed by atoms with Gasteiger partial charge in [0.1, 0.15) is 6.54 Å². The SMILES string of the molecule is CCCCN(CC(=O)N1CCc2ccccc2C1C)C(=O)c1ccc2ccccc2c1. The fraction of sp³-hybridized carbons (Fsp3) is 0.333. The Balaban J connectivity index is 1.53. The normalized spacial score (nSPS) is 15.5. The average molecular weight is 415 g/mol. The molecular formula is C27H30N2O2. The lowest BCUT2D eigenvalue weighted by Crippen LogP contribution is -2.46. The van der Waals surface area contributed by atoms with Crippen LogP contribution in [0.3, 0.4) is 0 Å². The predicted molar refractivity (Wildman–Crippen MR) is 125 cm³/mol. The molecule has 1 atom stereocenters. The Morgan fingerprint density at radius 2 is 1.74 bits per heavy atom. The van der Waals surface area contributed by atoms with Gasteiger partial charge in [0.2, 0.25) is 5.91 Å². The van der Waals surface area contributed by atoms with Crippen molar-refractivity contribution in [1.29, 1.82) is 0 Å². The molecular weight excluding hydrogens is 384 g/mol. The van der Waals surface area contributed by atoms with E-state index in [4.69, 9.17) is 0 Å². The molecule has 1 unspecified atom stereocenters. The summed E-state index contributed by atoms with van der Waals surface area (Å²) in [4.78, 5) is 30.3. The number of benzene rings is 3. The highest BCUT2D eigenvalue weighted by molar-refractivity contribution is 6.00. The van der Waals surface area contributed by atoms with Crippen LogP contribution >= 0.6 is 0 Å². The molecule has 3 aromatic rings. The zero-order valence-corrected chi connectivity index (χ0v) is 18.4. The van der Waals surface area contributed by atoms with E-state index in [1.54, 1.807) is 4.90 Å². The molecule has 0 spiro atoms. The standard InChI is InChI=1S/C27H30N2O2/c1-3-4-16-28(27(31)24-14-13-21-9-5-6-11-23(21)18-24)19-26(30)29-17-15-22-10-7-8-12-25(22)20(29)2/h5-14,18,20H,3-4,15-17,19H2,1-2H3. The predicted octanol–water partition coefficient (Wildman–Crippen LogP) is 5.23. The Kier molecular flexibility index (Phi) is 6.36. The van der Waals surface area contributed by atoms with Gasteiger partial charge in [0.05, 0.1) is 6.04 Å². The average Bonchev–Trinajstić information content (AvgIpc) is 2.81. The summed E-state index contributed by atoms with van der Waals surface area (Å²) < 4.78 is 0. The van der Waals surface area contributed by atoms with E-state index < -0.39 is 0 Å². The smallest absolute Gasteiger partial charge is 0.254 e. The van der Waals surface area contributed by atoms with Gasteiger partial charge in [0.25, 0.3) is 5.91 Å². The lowest BCUT2D eigenvalue weighted by atomic mass is 9.93. The zero-order chi connectivity index (χ0) is 21.8. The van der Waals surface area contributed by atoms with Gasteiger partial charge < -0.3 is 9.80 Å². The molecule has 1 aliphatic heterocycles. The maximum absolute atomic E-state index is 13.3. The largest absolute Gasteiger partial charge is 0.334 e. The van der Waals surface area contributed by atoms with Crippen molar-refractivity contribution in [3.05, 3.63) is 83.4 Å². The molecule has 0 radical (unpaired) electrons. The Bertz CT molecular complexity index is 1090. The summed E-state index contributed by atoms with van der Waals surface area (Å²) in [6, 6.07) is 22.2. The van der Waals surface area contributed by atoms with Crippen molar-refractivity contribution in [1.82, 2.24) is 9.80 Å². The highest BCUT2D eigenvalue weighted by Gasteiger charge is 2.29. The maximum atomic E-state index is 13.3. The summed E-state index contributed by atoms with van der Waals surface area (Å²) in [6.07, 6.45) is 2.72. The van der Waals surface area contributed by atoms with Crippen LogP contribution in [0.25, 0.3) is 10.8 Å². The molecule has 31 heavy (non-hydrogen) atoms. The number of unbranched alkanes of at least 4 members (excludes halogenated alkanes) is 1. The molecule has 0 fully saturated rings. The molecule has 4 nitrogen and oxygen atoms in total. The molecule has 0 aliphatic carbocycles. The molecule has 0 saturated carbocycles. The van der Waals surface area contributed by atoms with Crippen molar-refractivity contribution in [2.45, 2.75) is 39.2 Å². The first-order valence-corrected chi connectivity index (χ1v) is 11.2. The number of amides is 2. The highest BCUT2D eigenvalue weighted by Crippen LogP contribution is 2.29. The number of hydrogen-bond donors (Lipinski definition) is 0. The number of hydrogen-bond acceptors (Lipinski definition) is 2. The van der Waals surface area contributed by atoms with Crippen LogP contribution in [0.4, 0.5) is 0 Å². The summed E-state index contributed by atoms with van der Waals surface area (Å²) >= 11 is 0. The first-order valence-electron chi connectivity index (χ1n) is 11.2. The van der Waals surface area contributed by atoms with Crippen LogP contribution in [0.15, 0.2) is 66.7 Å².